The molecular formula is C21H22BrN3O4. The number of rotatable bonds is 9. The lowest BCUT2D eigenvalue weighted by Crippen LogP contribution is -2.25. The fourth-order valence-corrected chi connectivity index (χ4v) is 3.03. The van der Waals surface area contributed by atoms with Crippen molar-refractivity contribution < 1.29 is 18.8 Å². The Hall–Kier alpha value is -2.87. The Morgan fingerprint density at radius 3 is 2.55 bits per heavy atom. The molecule has 152 valence electrons. The van der Waals surface area contributed by atoms with Gasteiger partial charge >= 0.3 is 0 Å². The van der Waals surface area contributed by atoms with Gasteiger partial charge in [0, 0.05) is 29.4 Å². The molecule has 0 unspecified atom stereocenters. The quantitative estimate of drug-likeness (QED) is 0.523. The number of benzene rings is 2. The number of ether oxygens (including phenoxy) is 2. The molecule has 29 heavy (non-hydrogen) atoms. The monoisotopic (exact) mass is 459 g/mol. The van der Waals surface area contributed by atoms with Crippen LogP contribution in [-0.4, -0.2) is 36.8 Å². The molecule has 0 atom stereocenters. The van der Waals surface area contributed by atoms with Crippen LogP contribution in [0.15, 0.2) is 51.5 Å². The first-order chi connectivity index (χ1) is 14.1. The third kappa shape index (κ3) is 5.80. The molecule has 0 bridgehead atoms. The molecule has 0 spiro atoms. The molecule has 0 aliphatic carbocycles. The van der Waals surface area contributed by atoms with E-state index in [0.717, 1.165) is 15.6 Å². The van der Waals surface area contributed by atoms with Crippen LogP contribution in [-0.2, 0) is 17.6 Å². The van der Waals surface area contributed by atoms with Crippen LogP contribution in [0.3, 0.4) is 0 Å². The van der Waals surface area contributed by atoms with Crippen LogP contribution >= 0.6 is 15.9 Å². The summed E-state index contributed by atoms with van der Waals surface area (Å²) in [7, 11) is 3.20. The molecule has 1 amide bonds. The molecule has 1 N–H and O–H groups in total. The minimum Gasteiger partial charge on any atom is -0.493 e. The summed E-state index contributed by atoms with van der Waals surface area (Å²) in [6, 6.07) is 13.4. The van der Waals surface area contributed by atoms with Gasteiger partial charge in [0.05, 0.1) is 14.2 Å². The van der Waals surface area contributed by atoms with Gasteiger partial charge in [0.1, 0.15) is 0 Å². The third-order valence-corrected chi connectivity index (χ3v) is 4.85. The van der Waals surface area contributed by atoms with E-state index in [2.05, 4.69) is 31.4 Å². The summed E-state index contributed by atoms with van der Waals surface area (Å²) in [5.74, 6) is 2.25. The molecule has 0 saturated heterocycles. The summed E-state index contributed by atoms with van der Waals surface area (Å²) in [5.41, 5.74) is 1.92. The van der Waals surface area contributed by atoms with Crippen LogP contribution < -0.4 is 14.8 Å². The lowest BCUT2D eigenvalue weighted by Gasteiger charge is -2.10. The van der Waals surface area contributed by atoms with E-state index in [4.69, 9.17) is 14.0 Å². The average Bonchev–Trinajstić information content (AvgIpc) is 3.21. The highest BCUT2D eigenvalue weighted by molar-refractivity contribution is 9.10. The standard InChI is InChI=1S/C21H22BrN3O4/c1-27-17-8-3-14(13-18(17)28-2)11-12-23-19(26)9-10-20-24-21(25-29-20)15-4-6-16(22)7-5-15/h3-8,13H,9-12H2,1-2H3,(H,23,26). The van der Waals surface area contributed by atoms with E-state index in [1.165, 1.54) is 0 Å². The van der Waals surface area contributed by atoms with Crippen LogP contribution in [0.4, 0.5) is 0 Å². The number of carbonyl (C=O) groups excluding carboxylic acids is 1. The highest BCUT2D eigenvalue weighted by Crippen LogP contribution is 2.27. The number of methoxy groups -OCH3 is 2. The molecule has 8 heteroatoms. The van der Waals surface area contributed by atoms with Crippen molar-refractivity contribution in [1.29, 1.82) is 0 Å². The van der Waals surface area contributed by atoms with Crippen molar-refractivity contribution in [3.8, 4) is 22.9 Å². The zero-order valence-electron chi connectivity index (χ0n) is 16.3. The second-order valence-electron chi connectivity index (χ2n) is 6.31. The molecule has 0 fully saturated rings. The van der Waals surface area contributed by atoms with E-state index in [-0.39, 0.29) is 12.3 Å². The summed E-state index contributed by atoms with van der Waals surface area (Å²) in [4.78, 5) is 16.4. The number of amides is 1. The number of aryl methyl sites for hydroxylation is 1. The number of aromatic nitrogens is 2. The number of nitrogens with one attached hydrogen (secondary N) is 1. The molecule has 3 rings (SSSR count). The molecule has 0 aliphatic heterocycles. The summed E-state index contributed by atoms with van der Waals surface area (Å²) >= 11 is 3.39. The van der Waals surface area contributed by atoms with Crippen molar-refractivity contribution in [1.82, 2.24) is 15.5 Å². The van der Waals surface area contributed by atoms with Crippen molar-refractivity contribution in [2.24, 2.45) is 0 Å². The van der Waals surface area contributed by atoms with Crippen molar-refractivity contribution >= 4 is 21.8 Å². The van der Waals surface area contributed by atoms with Gasteiger partial charge in [-0.2, -0.15) is 4.98 Å². The van der Waals surface area contributed by atoms with Crippen molar-refractivity contribution in [2.75, 3.05) is 20.8 Å². The van der Waals surface area contributed by atoms with Gasteiger partial charge in [0.25, 0.3) is 0 Å². The van der Waals surface area contributed by atoms with Gasteiger partial charge in [-0.1, -0.05) is 27.2 Å². The molecule has 2 aromatic carbocycles. The lowest BCUT2D eigenvalue weighted by atomic mass is 10.1. The number of hydrogen-bond donors (Lipinski definition) is 1. The topological polar surface area (TPSA) is 86.5 Å². The Morgan fingerprint density at radius 2 is 1.83 bits per heavy atom. The smallest absolute Gasteiger partial charge is 0.227 e. The van der Waals surface area contributed by atoms with Crippen LogP contribution in [0.25, 0.3) is 11.4 Å². The second kappa shape index (κ2) is 10.1. The zero-order valence-corrected chi connectivity index (χ0v) is 17.9. The minimum absolute atomic E-state index is 0.0612. The third-order valence-electron chi connectivity index (χ3n) is 4.32. The molecular weight excluding hydrogens is 438 g/mol. The molecule has 7 nitrogen and oxygen atoms in total. The summed E-state index contributed by atoms with van der Waals surface area (Å²) in [6.07, 6.45) is 1.37. The largest absolute Gasteiger partial charge is 0.493 e. The Kier molecular flexibility index (Phi) is 7.24. The van der Waals surface area contributed by atoms with Crippen LogP contribution in [0.1, 0.15) is 17.9 Å². The van der Waals surface area contributed by atoms with E-state index >= 15 is 0 Å². The number of halogens is 1. The van der Waals surface area contributed by atoms with E-state index in [0.29, 0.717) is 42.6 Å². The Balaban J connectivity index is 1.44. The van der Waals surface area contributed by atoms with Gasteiger partial charge < -0.3 is 19.3 Å². The SMILES string of the molecule is COc1ccc(CCNC(=O)CCc2nc(-c3ccc(Br)cc3)no2)cc1OC. The maximum Gasteiger partial charge on any atom is 0.227 e. The molecule has 1 heterocycles. The van der Waals surface area contributed by atoms with Gasteiger partial charge in [-0.3, -0.25) is 4.79 Å². The molecule has 0 saturated carbocycles. The maximum absolute atomic E-state index is 12.1. The van der Waals surface area contributed by atoms with Gasteiger partial charge in [0.2, 0.25) is 17.6 Å². The Labute approximate surface area is 177 Å². The second-order valence-corrected chi connectivity index (χ2v) is 7.22. The van der Waals surface area contributed by atoms with Crippen molar-refractivity contribution in [3.05, 3.63) is 58.4 Å². The van der Waals surface area contributed by atoms with E-state index in [1.54, 1.807) is 14.2 Å². The average molecular weight is 460 g/mol. The first-order valence-electron chi connectivity index (χ1n) is 9.15. The maximum atomic E-state index is 12.1. The van der Waals surface area contributed by atoms with Gasteiger partial charge in [0.15, 0.2) is 11.5 Å². The van der Waals surface area contributed by atoms with Gasteiger partial charge in [-0.15, -0.1) is 0 Å². The summed E-state index contributed by atoms with van der Waals surface area (Å²) in [6.45, 7) is 0.530. The molecule has 1 aromatic heterocycles. The normalized spacial score (nSPS) is 10.6. The zero-order chi connectivity index (χ0) is 20.6. The number of carbonyl (C=O) groups is 1. The lowest BCUT2D eigenvalue weighted by molar-refractivity contribution is -0.121. The highest BCUT2D eigenvalue weighted by atomic mass is 79.9. The Morgan fingerprint density at radius 1 is 1.07 bits per heavy atom. The van der Waals surface area contributed by atoms with Crippen LogP contribution in [0.2, 0.25) is 0 Å². The predicted octanol–water partition coefficient (Wildman–Crippen LogP) is 3.81. The predicted molar refractivity (Wildman–Crippen MR) is 112 cm³/mol. The summed E-state index contributed by atoms with van der Waals surface area (Å²) < 4.78 is 16.7. The fourth-order valence-electron chi connectivity index (χ4n) is 2.76. The first kappa shape index (κ1) is 20.9. The molecule has 3 aromatic rings. The van der Waals surface area contributed by atoms with E-state index < -0.39 is 0 Å². The first-order valence-corrected chi connectivity index (χ1v) is 9.94. The van der Waals surface area contributed by atoms with Crippen molar-refractivity contribution in [3.63, 3.8) is 0 Å². The number of hydrogen-bond acceptors (Lipinski definition) is 6. The van der Waals surface area contributed by atoms with Crippen LogP contribution in [0, 0.1) is 0 Å². The molecule has 0 aliphatic rings. The van der Waals surface area contributed by atoms with Gasteiger partial charge in [-0.25, -0.2) is 0 Å². The van der Waals surface area contributed by atoms with Crippen molar-refractivity contribution in [2.45, 2.75) is 19.3 Å². The minimum atomic E-state index is -0.0612. The molecule has 0 radical (unpaired) electrons. The van der Waals surface area contributed by atoms with Gasteiger partial charge in [-0.05, 0) is 48.4 Å². The van der Waals surface area contributed by atoms with E-state index in [9.17, 15) is 4.79 Å². The Bertz CT molecular complexity index is 957. The summed E-state index contributed by atoms with van der Waals surface area (Å²) in [5, 5.41) is 6.88. The highest BCUT2D eigenvalue weighted by Gasteiger charge is 2.11. The fraction of sp³-hybridized carbons (Fsp3) is 0.286. The van der Waals surface area contributed by atoms with E-state index in [1.807, 2.05) is 42.5 Å². The number of nitrogens with zero attached hydrogens (tertiary/aromatic N) is 2. The van der Waals surface area contributed by atoms with Crippen LogP contribution in [0.5, 0.6) is 11.5 Å².